The second-order valence-corrected chi connectivity index (χ2v) is 4.93. The van der Waals surface area contributed by atoms with Crippen LogP contribution in [0.2, 0.25) is 0 Å². The summed E-state index contributed by atoms with van der Waals surface area (Å²) in [5.41, 5.74) is -0.127. The van der Waals surface area contributed by atoms with Crippen LogP contribution in [0.3, 0.4) is 0 Å². The molecule has 0 N–H and O–H groups in total. The molecule has 74 valence electrons. The van der Waals surface area contributed by atoms with Gasteiger partial charge in [0.15, 0.2) is 0 Å². The summed E-state index contributed by atoms with van der Waals surface area (Å²) in [5.74, 6) is 0. The summed E-state index contributed by atoms with van der Waals surface area (Å²) in [6.45, 7) is 0. The van der Waals surface area contributed by atoms with Crippen molar-refractivity contribution in [3.8, 4) is 0 Å². The first kappa shape index (κ1) is 8.99. The van der Waals surface area contributed by atoms with Crippen molar-refractivity contribution in [2.45, 2.75) is 0 Å². The van der Waals surface area contributed by atoms with Crippen LogP contribution < -0.4 is 5.56 Å². The normalized spacial score (nSPS) is 11.3. The van der Waals surface area contributed by atoms with E-state index in [0.29, 0.717) is 10.3 Å². The van der Waals surface area contributed by atoms with Gasteiger partial charge in [0.1, 0.15) is 6.33 Å². The highest BCUT2D eigenvalue weighted by atomic mass is 79.9. The third-order valence-electron chi connectivity index (χ3n) is 2.08. The molecule has 2 aromatic heterocycles. The van der Waals surface area contributed by atoms with Gasteiger partial charge in [-0.3, -0.25) is 4.79 Å². The Morgan fingerprint density at radius 3 is 3.13 bits per heavy atom. The Morgan fingerprint density at radius 2 is 2.27 bits per heavy atom. The van der Waals surface area contributed by atoms with Gasteiger partial charge in [-0.05, 0) is 18.2 Å². The number of hydrogen-bond acceptors (Lipinski definition) is 4. The first-order chi connectivity index (χ1) is 7.25. The minimum Gasteiger partial charge on any atom is -0.267 e. The van der Waals surface area contributed by atoms with Crippen molar-refractivity contribution in [1.82, 2.24) is 14.6 Å². The molecule has 3 aromatic rings. The van der Waals surface area contributed by atoms with Crippen molar-refractivity contribution in [2.75, 3.05) is 0 Å². The number of nitrogens with zero attached hydrogens (tertiary/aromatic N) is 3. The molecule has 1 aromatic carbocycles. The standard InChI is InChI=1S/C9H4BrN3OS/c10-5-1-2-7-6(3-5)8(14)13-9(15-7)11-4-12-13/h1-4H. The van der Waals surface area contributed by atoms with Crippen molar-refractivity contribution in [2.24, 2.45) is 0 Å². The van der Waals surface area contributed by atoms with Gasteiger partial charge in [-0.2, -0.15) is 9.61 Å². The van der Waals surface area contributed by atoms with E-state index < -0.39 is 0 Å². The Hall–Kier alpha value is -1.27. The minimum atomic E-state index is -0.127. The molecule has 3 rings (SSSR count). The molecule has 0 bridgehead atoms. The van der Waals surface area contributed by atoms with Gasteiger partial charge in [0.05, 0.1) is 5.39 Å². The number of rotatable bonds is 0. The fraction of sp³-hybridized carbons (Fsp3) is 0. The van der Waals surface area contributed by atoms with Gasteiger partial charge in [-0.15, -0.1) is 0 Å². The summed E-state index contributed by atoms with van der Waals surface area (Å²) in [6, 6.07) is 5.61. The summed E-state index contributed by atoms with van der Waals surface area (Å²) < 4.78 is 3.13. The molecule has 6 heteroatoms. The highest BCUT2D eigenvalue weighted by molar-refractivity contribution is 9.10. The zero-order chi connectivity index (χ0) is 10.4. The highest BCUT2D eigenvalue weighted by Gasteiger charge is 2.06. The third kappa shape index (κ3) is 1.29. The van der Waals surface area contributed by atoms with Crippen LogP contribution in [0, 0.1) is 0 Å². The number of halogens is 1. The zero-order valence-electron chi connectivity index (χ0n) is 7.35. The first-order valence-electron chi connectivity index (χ1n) is 4.18. The predicted octanol–water partition coefficient (Wildman–Crippen LogP) is 2.07. The van der Waals surface area contributed by atoms with Crippen molar-refractivity contribution in [1.29, 1.82) is 0 Å². The molecule has 0 aliphatic rings. The van der Waals surface area contributed by atoms with Crippen molar-refractivity contribution in [3.63, 3.8) is 0 Å². The molecule has 0 spiro atoms. The summed E-state index contributed by atoms with van der Waals surface area (Å²) in [5, 5.41) is 4.55. The average Bonchev–Trinajstić information content (AvgIpc) is 2.68. The Bertz CT molecular complexity index is 718. The van der Waals surface area contributed by atoms with E-state index in [4.69, 9.17) is 0 Å². The Kier molecular flexibility index (Phi) is 1.86. The van der Waals surface area contributed by atoms with E-state index in [2.05, 4.69) is 26.0 Å². The average molecular weight is 282 g/mol. The smallest absolute Gasteiger partial charge is 0.267 e. The maximum atomic E-state index is 11.9. The van der Waals surface area contributed by atoms with E-state index in [1.807, 2.05) is 12.1 Å². The van der Waals surface area contributed by atoms with Gasteiger partial charge in [-0.25, -0.2) is 4.98 Å². The molecule has 0 atom stereocenters. The molecule has 0 unspecified atom stereocenters. The second kappa shape index (κ2) is 3.11. The molecular weight excluding hydrogens is 278 g/mol. The van der Waals surface area contributed by atoms with E-state index >= 15 is 0 Å². The van der Waals surface area contributed by atoms with Crippen molar-refractivity contribution in [3.05, 3.63) is 39.4 Å². The summed E-state index contributed by atoms with van der Waals surface area (Å²) in [6.07, 6.45) is 1.39. The van der Waals surface area contributed by atoms with Crippen LogP contribution >= 0.6 is 27.3 Å². The number of benzene rings is 1. The van der Waals surface area contributed by atoms with E-state index in [1.54, 1.807) is 6.07 Å². The summed E-state index contributed by atoms with van der Waals surface area (Å²) >= 11 is 4.79. The van der Waals surface area contributed by atoms with E-state index in [0.717, 1.165) is 9.17 Å². The van der Waals surface area contributed by atoms with Gasteiger partial charge < -0.3 is 0 Å². The molecule has 0 aliphatic heterocycles. The lowest BCUT2D eigenvalue weighted by molar-refractivity contribution is 0.938. The van der Waals surface area contributed by atoms with E-state index in [-0.39, 0.29) is 5.56 Å². The molecule has 0 amide bonds. The Labute approximate surface area is 96.3 Å². The lowest BCUT2D eigenvalue weighted by Crippen LogP contribution is -2.12. The molecule has 0 fully saturated rings. The van der Waals surface area contributed by atoms with Gasteiger partial charge in [0, 0.05) is 9.17 Å². The fourth-order valence-electron chi connectivity index (χ4n) is 1.41. The molecule has 15 heavy (non-hydrogen) atoms. The molecule has 2 heterocycles. The van der Waals surface area contributed by atoms with Crippen LogP contribution in [0.4, 0.5) is 0 Å². The maximum absolute atomic E-state index is 11.9. The van der Waals surface area contributed by atoms with Crippen LogP contribution in [-0.2, 0) is 0 Å². The Balaban J connectivity index is 2.64. The predicted molar refractivity (Wildman–Crippen MR) is 62.3 cm³/mol. The Morgan fingerprint density at radius 1 is 1.40 bits per heavy atom. The molecule has 0 saturated carbocycles. The number of hydrogen-bond donors (Lipinski definition) is 0. The quantitative estimate of drug-likeness (QED) is 0.634. The monoisotopic (exact) mass is 281 g/mol. The lowest BCUT2D eigenvalue weighted by atomic mass is 10.3. The van der Waals surface area contributed by atoms with Gasteiger partial charge in [0.25, 0.3) is 5.56 Å². The lowest BCUT2D eigenvalue weighted by Gasteiger charge is -1.97. The van der Waals surface area contributed by atoms with Crippen LogP contribution in [0.25, 0.3) is 15.0 Å². The number of aromatic nitrogens is 3. The highest BCUT2D eigenvalue weighted by Crippen LogP contribution is 2.21. The van der Waals surface area contributed by atoms with Crippen LogP contribution in [-0.4, -0.2) is 14.6 Å². The molecular formula is C9H4BrN3OS. The molecule has 0 saturated heterocycles. The van der Waals surface area contributed by atoms with Crippen molar-refractivity contribution >= 4 is 42.3 Å². The summed E-state index contributed by atoms with van der Waals surface area (Å²) in [4.78, 5) is 16.6. The van der Waals surface area contributed by atoms with Crippen LogP contribution in [0.5, 0.6) is 0 Å². The maximum Gasteiger partial charge on any atom is 0.282 e. The van der Waals surface area contributed by atoms with Gasteiger partial charge in [0.2, 0.25) is 4.96 Å². The number of fused-ring (bicyclic) bond motifs is 2. The van der Waals surface area contributed by atoms with Crippen molar-refractivity contribution < 1.29 is 0 Å². The zero-order valence-corrected chi connectivity index (χ0v) is 9.75. The van der Waals surface area contributed by atoms with Gasteiger partial charge >= 0.3 is 0 Å². The van der Waals surface area contributed by atoms with E-state index in [1.165, 1.54) is 22.2 Å². The second-order valence-electron chi connectivity index (χ2n) is 3.00. The van der Waals surface area contributed by atoms with E-state index in [9.17, 15) is 4.79 Å². The molecule has 0 aliphatic carbocycles. The largest absolute Gasteiger partial charge is 0.282 e. The first-order valence-corrected chi connectivity index (χ1v) is 5.79. The SMILES string of the molecule is O=c1c2cc(Br)ccc2sc2ncnn12. The topological polar surface area (TPSA) is 47.3 Å². The minimum absolute atomic E-state index is 0.127. The molecule has 4 nitrogen and oxygen atoms in total. The fourth-order valence-corrected chi connectivity index (χ4v) is 2.68. The third-order valence-corrected chi connectivity index (χ3v) is 3.61. The van der Waals surface area contributed by atoms with Gasteiger partial charge in [-0.1, -0.05) is 27.3 Å². The summed E-state index contributed by atoms with van der Waals surface area (Å²) in [7, 11) is 0. The molecule has 0 radical (unpaired) electrons. The van der Waals surface area contributed by atoms with Crippen LogP contribution in [0.1, 0.15) is 0 Å². The van der Waals surface area contributed by atoms with Crippen LogP contribution in [0.15, 0.2) is 33.8 Å².